The second-order valence-corrected chi connectivity index (χ2v) is 5.67. The van der Waals surface area contributed by atoms with Crippen LogP contribution in [0.3, 0.4) is 0 Å². The van der Waals surface area contributed by atoms with Gasteiger partial charge >= 0.3 is 5.51 Å². The lowest BCUT2D eigenvalue weighted by atomic mass is 10.2. The Kier molecular flexibility index (Phi) is 7.15. The predicted molar refractivity (Wildman–Crippen MR) is 66.8 cm³/mol. The number of rotatable bonds is 3. The lowest BCUT2D eigenvalue weighted by molar-refractivity contribution is -0.697. The zero-order chi connectivity index (χ0) is 16.0. The van der Waals surface area contributed by atoms with Crippen LogP contribution in [0.15, 0.2) is 18.5 Å². The van der Waals surface area contributed by atoms with Crippen molar-refractivity contribution >= 4 is 10.1 Å². The van der Waals surface area contributed by atoms with E-state index in [2.05, 4.69) is 43.8 Å². The molecule has 0 N–H and O–H groups in total. The van der Waals surface area contributed by atoms with E-state index in [9.17, 15) is 13.2 Å². The van der Waals surface area contributed by atoms with Crippen molar-refractivity contribution in [3.8, 4) is 0 Å². The molecule has 0 radical (unpaired) electrons. The molecule has 0 unspecified atom stereocenters. The third-order valence-corrected chi connectivity index (χ3v) is 3.12. The van der Waals surface area contributed by atoms with Gasteiger partial charge in [0, 0.05) is 18.1 Å². The summed E-state index contributed by atoms with van der Waals surface area (Å²) in [6.45, 7) is 7.69. The van der Waals surface area contributed by atoms with Crippen LogP contribution >= 0.6 is 0 Å². The molecular formula is C12H18F3NO3S. The molecule has 0 amide bonds. The fourth-order valence-electron chi connectivity index (χ4n) is 1.21. The molecular weight excluding hydrogens is 295 g/mol. The van der Waals surface area contributed by atoms with Crippen molar-refractivity contribution < 1.29 is 30.7 Å². The van der Waals surface area contributed by atoms with E-state index in [1.807, 2.05) is 0 Å². The minimum atomic E-state index is -6.09. The van der Waals surface area contributed by atoms with E-state index < -0.39 is 15.6 Å². The molecule has 0 aromatic carbocycles. The maximum atomic E-state index is 10.7. The van der Waals surface area contributed by atoms with E-state index in [4.69, 9.17) is 13.0 Å². The van der Waals surface area contributed by atoms with E-state index in [-0.39, 0.29) is 0 Å². The summed E-state index contributed by atoms with van der Waals surface area (Å²) in [5.41, 5.74) is -2.89. The summed E-state index contributed by atoms with van der Waals surface area (Å²) in [7, 11) is -6.09. The van der Waals surface area contributed by atoms with Crippen LogP contribution < -0.4 is 4.57 Å². The molecule has 116 valence electrons. The molecule has 4 nitrogen and oxygen atoms in total. The molecule has 0 saturated carbocycles. The molecule has 0 aliphatic heterocycles. The van der Waals surface area contributed by atoms with E-state index >= 15 is 0 Å². The third kappa shape index (κ3) is 6.85. The van der Waals surface area contributed by atoms with Gasteiger partial charge in [-0.2, -0.15) is 13.2 Å². The number of nitrogens with zero attached hydrogens (tertiary/aromatic N) is 1. The zero-order valence-electron chi connectivity index (χ0n) is 11.6. The van der Waals surface area contributed by atoms with Crippen LogP contribution in [-0.4, -0.2) is 18.5 Å². The van der Waals surface area contributed by atoms with Gasteiger partial charge < -0.3 is 4.55 Å². The van der Waals surface area contributed by atoms with E-state index in [1.54, 1.807) is 0 Å². The first-order valence-electron chi connectivity index (χ1n) is 5.97. The maximum Gasteiger partial charge on any atom is 0.485 e. The van der Waals surface area contributed by atoms with Gasteiger partial charge in [0.15, 0.2) is 22.5 Å². The van der Waals surface area contributed by atoms with Crippen LogP contribution in [0.1, 0.15) is 30.9 Å². The summed E-state index contributed by atoms with van der Waals surface area (Å²) in [6, 6.07) is 2.19. The largest absolute Gasteiger partial charge is 0.741 e. The van der Waals surface area contributed by atoms with Gasteiger partial charge in [-0.25, -0.2) is 13.0 Å². The molecule has 0 aliphatic rings. The van der Waals surface area contributed by atoms with Gasteiger partial charge in [0.05, 0.1) is 0 Å². The van der Waals surface area contributed by atoms with Crippen LogP contribution in [0.25, 0.3) is 0 Å². The van der Waals surface area contributed by atoms with E-state index in [1.165, 1.54) is 24.0 Å². The highest BCUT2D eigenvalue weighted by Crippen LogP contribution is 2.20. The van der Waals surface area contributed by atoms with Gasteiger partial charge in [-0.15, -0.1) is 0 Å². The van der Waals surface area contributed by atoms with Gasteiger partial charge in [0.1, 0.15) is 6.54 Å². The van der Waals surface area contributed by atoms with Crippen LogP contribution in [0, 0.1) is 13.8 Å². The van der Waals surface area contributed by atoms with Gasteiger partial charge in [-0.05, 0) is 19.4 Å². The molecule has 0 fully saturated rings. The lowest BCUT2D eigenvalue weighted by Crippen LogP contribution is -2.33. The summed E-state index contributed by atoms with van der Waals surface area (Å²) >= 11 is 0. The number of aryl methyl sites for hydroxylation is 3. The Hall–Kier alpha value is -1.15. The predicted octanol–water partition coefficient (Wildman–Crippen LogP) is 2.44. The van der Waals surface area contributed by atoms with Crippen molar-refractivity contribution in [2.24, 2.45) is 0 Å². The number of hydrogen-bond acceptors (Lipinski definition) is 3. The number of alkyl halides is 3. The van der Waals surface area contributed by atoms with Crippen LogP contribution in [0.2, 0.25) is 0 Å². The second-order valence-electron chi connectivity index (χ2n) is 4.30. The number of pyridine rings is 1. The Morgan fingerprint density at radius 1 is 1.25 bits per heavy atom. The van der Waals surface area contributed by atoms with Crippen LogP contribution in [0.5, 0.6) is 0 Å². The first-order valence-corrected chi connectivity index (χ1v) is 7.38. The minimum Gasteiger partial charge on any atom is -0.741 e. The van der Waals surface area contributed by atoms with Gasteiger partial charge in [-0.3, -0.25) is 0 Å². The lowest BCUT2D eigenvalue weighted by Gasteiger charge is -2.08. The molecule has 1 aromatic rings. The van der Waals surface area contributed by atoms with Crippen LogP contribution in [0.4, 0.5) is 13.2 Å². The summed E-state index contributed by atoms with van der Waals surface area (Å²) in [5.74, 6) is 0. The molecule has 20 heavy (non-hydrogen) atoms. The highest BCUT2D eigenvalue weighted by molar-refractivity contribution is 7.86. The van der Waals surface area contributed by atoms with Gasteiger partial charge in [0.2, 0.25) is 0 Å². The maximum absolute atomic E-state index is 10.7. The highest BCUT2D eigenvalue weighted by atomic mass is 32.2. The molecule has 0 saturated heterocycles. The summed E-state index contributed by atoms with van der Waals surface area (Å²) in [5, 5.41) is 0. The van der Waals surface area contributed by atoms with Gasteiger partial charge in [-0.1, -0.05) is 13.3 Å². The first kappa shape index (κ1) is 18.9. The Labute approximate surface area is 117 Å². The topological polar surface area (TPSA) is 61.1 Å². The number of aromatic nitrogens is 1. The smallest absolute Gasteiger partial charge is 0.485 e. The quantitative estimate of drug-likeness (QED) is 0.489. The van der Waals surface area contributed by atoms with Crippen molar-refractivity contribution in [1.82, 2.24) is 0 Å². The van der Waals surface area contributed by atoms with Crippen molar-refractivity contribution in [2.75, 3.05) is 0 Å². The fraction of sp³-hybridized carbons (Fsp3) is 0.583. The van der Waals surface area contributed by atoms with Gasteiger partial charge in [0.25, 0.3) is 0 Å². The Morgan fingerprint density at radius 3 is 2.10 bits per heavy atom. The normalized spacial score (nSPS) is 11.8. The SMILES string of the molecule is CCCC[n+]1ccc(C)c(C)c1.O=S(=O)([O-])C(F)(F)F. The molecule has 0 aliphatic carbocycles. The standard InChI is InChI=1S/C11H18N.CHF3O3S/c1-4-5-7-12-8-6-10(2)11(3)9-12;2-1(3,4)8(5,6)7/h6,8-9H,4-5,7H2,1-3H3;(H,5,6,7)/q+1;/p-1. The summed E-state index contributed by atoms with van der Waals surface area (Å²) in [4.78, 5) is 0. The van der Waals surface area contributed by atoms with E-state index in [0.717, 1.165) is 6.54 Å². The third-order valence-electron chi connectivity index (χ3n) is 2.55. The molecule has 1 aromatic heterocycles. The van der Waals surface area contributed by atoms with Crippen molar-refractivity contribution in [1.29, 1.82) is 0 Å². The Bertz CT molecular complexity index is 527. The zero-order valence-corrected chi connectivity index (χ0v) is 12.4. The number of halogens is 3. The number of hydrogen-bond donors (Lipinski definition) is 0. The Morgan fingerprint density at radius 2 is 1.75 bits per heavy atom. The van der Waals surface area contributed by atoms with Crippen molar-refractivity contribution in [2.45, 2.75) is 45.7 Å². The molecule has 1 heterocycles. The summed E-state index contributed by atoms with van der Waals surface area (Å²) in [6.07, 6.45) is 6.93. The second kappa shape index (κ2) is 7.58. The van der Waals surface area contributed by atoms with Crippen molar-refractivity contribution in [3.63, 3.8) is 0 Å². The highest BCUT2D eigenvalue weighted by Gasteiger charge is 2.36. The summed E-state index contributed by atoms with van der Waals surface area (Å²) < 4.78 is 61.2. The number of unbranched alkanes of at least 4 members (excludes halogenated alkanes) is 1. The monoisotopic (exact) mass is 313 g/mol. The van der Waals surface area contributed by atoms with E-state index in [0.29, 0.717) is 0 Å². The van der Waals surface area contributed by atoms with Crippen LogP contribution in [-0.2, 0) is 16.7 Å². The molecule has 0 bridgehead atoms. The molecule has 1 rings (SSSR count). The molecule has 8 heteroatoms. The molecule has 0 spiro atoms. The van der Waals surface area contributed by atoms with Crippen molar-refractivity contribution in [3.05, 3.63) is 29.6 Å². The Balaban J connectivity index is 0.000000396. The fourth-order valence-corrected chi connectivity index (χ4v) is 1.21. The first-order chi connectivity index (χ1) is 8.99. The average Bonchev–Trinajstić information content (AvgIpc) is 2.29. The average molecular weight is 313 g/mol. The molecule has 0 atom stereocenters. The minimum absolute atomic E-state index is 1.15.